The molecule has 0 spiro atoms. The number of halogens is 3. The Morgan fingerprint density at radius 3 is 2.24 bits per heavy atom. The van der Waals surface area contributed by atoms with Gasteiger partial charge >= 0.3 is 12.1 Å². The van der Waals surface area contributed by atoms with E-state index in [1.54, 1.807) is 0 Å². The molecule has 1 rings (SSSR count). The van der Waals surface area contributed by atoms with Gasteiger partial charge in [-0.15, -0.1) is 0 Å². The summed E-state index contributed by atoms with van der Waals surface area (Å²) < 4.78 is 42.3. The van der Waals surface area contributed by atoms with E-state index in [4.69, 9.17) is 0 Å². The fraction of sp³-hybridized carbons (Fsp3) is 0.958. The van der Waals surface area contributed by atoms with E-state index in [2.05, 4.69) is 18.6 Å². The summed E-state index contributed by atoms with van der Waals surface area (Å²) in [5.74, 6) is 2.04. The normalized spacial score (nSPS) is 21.0. The molecule has 1 fully saturated rings. The zero-order valence-electron chi connectivity index (χ0n) is 18.9. The molecule has 0 aromatic heterocycles. The summed E-state index contributed by atoms with van der Waals surface area (Å²) in [4.78, 5) is 11.5. The van der Waals surface area contributed by atoms with Crippen LogP contribution in [-0.2, 0) is 9.53 Å². The van der Waals surface area contributed by atoms with Crippen LogP contribution in [0.4, 0.5) is 13.2 Å². The van der Waals surface area contributed by atoms with Gasteiger partial charge in [0.1, 0.15) is 0 Å². The van der Waals surface area contributed by atoms with E-state index in [1.807, 2.05) is 0 Å². The number of hydrogen-bond acceptors (Lipinski definition) is 2. The van der Waals surface area contributed by atoms with Crippen molar-refractivity contribution < 1.29 is 22.7 Å². The van der Waals surface area contributed by atoms with Gasteiger partial charge in [0.25, 0.3) is 0 Å². The fourth-order valence-electron chi connectivity index (χ4n) is 4.21. The van der Waals surface area contributed by atoms with Crippen molar-refractivity contribution in [2.45, 2.75) is 129 Å². The van der Waals surface area contributed by atoms with Crippen LogP contribution in [0.1, 0.15) is 117 Å². The van der Waals surface area contributed by atoms with Crippen LogP contribution >= 0.6 is 0 Å². The molecule has 2 nitrogen and oxygen atoms in total. The van der Waals surface area contributed by atoms with Gasteiger partial charge < -0.3 is 4.74 Å². The molecule has 0 amide bonds. The topological polar surface area (TPSA) is 26.3 Å². The second kappa shape index (κ2) is 14.3. The number of unbranched alkanes of at least 4 members (excludes halogenated alkanes) is 6. The largest absolute Gasteiger partial charge is 0.453 e. The first-order valence-electron chi connectivity index (χ1n) is 12.0. The number of carbonyl (C=O) groups excluding carboxylic acids is 1. The minimum atomic E-state index is -4.46. The number of hydrogen-bond donors (Lipinski definition) is 0. The minimum absolute atomic E-state index is 0.0910. The third-order valence-electron chi connectivity index (χ3n) is 6.37. The van der Waals surface area contributed by atoms with Gasteiger partial charge in [0.05, 0.1) is 0 Å². The highest BCUT2D eigenvalue weighted by molar-refractivity contribution is 5.69. The summed E-state index contributed by atoms with van der Waals surface area (Å²) in [5.41, 5.74) is 0. The van der Waals surface area contributed by atoms with Crippen LogP contribution in [0, 0.1) is 17.8 Å². The van der Waals surface area contributed by atoms with Crippen molar-refractivity contribution in [1.29, 1.82) is 0 Å². The molecular weight excluding hydrogens is 377 g/mol. The van der Waals surface area contributed by atoms with Gasteiger partial charge in [0.2, 0.25) is 0 Å². The molecular formula is C24H43F3O2. The number of rotatable bonds is 17. The fourth-order valence-corrected chi connectivity index (χ4v) is 4.21. The highest BCUT2D eigenvalue weighted by Gasteiger charge is 2.41. The molecule has 0 aliphatic heterocycles. The van der Waals surface area contributed by atoms with E-state index in [-0.39, 0.29) is 12.8 Å². The van der Waals surface area contributed by atoms with E-state index < -0.39 is 18.2 Å². The van der Waals surface area contributed by atoms with E-state index >= 15 is 0 Å². The Balaban J connectivity index is 1.93. The average Bonchev–Trinajstić information content (AvgIpc) is 3.41. The molecule has 0 aromatic rings. The van der Waals surface area contributed by atoms with Crippen LogP contribution in [0.3, 0.4) is 0 Å². The molecule has 0 saturated heterocycles. The third kappa shape index (κ3) is 12.5. The van der Waals surface area contributed by atoms with Gasteiger partial charge in [-0.3, -0.25) is 4.79 Å². The van der Waals surface area contributed by atoms with Gasteiger partial charge in [-0.05, 0) is 43.4 Å². The van der Waals surface area contributed by atoms with Crippen molar-refractivity contribution >= 4 is 5.97 Å². The van der Waals surface area contributed by atoms with Crippen LogP contribution in [0.15, 0.2) is 0 Å². The van der Waals surface area contributed by atoms with E-state index in [0.29, 0.717) is 6.42 Å². The van der Waals surface area contributed by atoms with Crippen molar-refractivity contribution in [3.05, 3.63) is 0 Å². The average molecular weight is 421 g/mol. The van der Waals surface area contributed by atoms with E-state index in [1.165, 1.54) is 64.7 Å². The lowest BCUT2D eigenvalue weighted by Crippen LogP contribution is -2.33. The van der Waals surface area contributed by atoms with Gasteiger partial charge in [0, 0.05) is 6.42 Å². The Kier molecular flexibility index (Phi) is 13.0. The maximum absolute atomic E-state index is 12.6. The monoisotopic (exact) mass is 420 g/mol. The van der Waals surface area contributed by atoms with E-state index in [9.17, 15) is 18.0 Å². The molecule has 1 saturated carbocycles. The Morgan fingerprint density at radius 2 is 1.59 bits per heavy atom. The quantitative estimate of drug-likeness (QED) is 0.175. The number of carbonyl (C=O) groups is 1. The number of esters is 1. The first-order valence-corrected chi connectivity index (χ1v) is 12.0. The summed E-state index contributed by atoms with van der Waals surface area (Å²) in [6.45, 7) is 6.03. The van der Waals surface area contributed by atoms with Gasteiger partial charge in [-0.2, -0.15) is 13.2 Å². The maximum atomic E-state index is 12.6. The van der Waals surface area contributed by atoms with Crippen molar-refractivity contribution in [2.75, 3.05) is 0 Å². The third-order valence-corrected chi connectivity index (χ3v) is 6.37. The molecule has 29 heavy (non-hydrogen) atoms. The van der Waals surface area contributed by atoms with Crippen molar-refractivity contribution in [2.24, 2.45) is 17.8 Å². The van der Waals surface area contributed by atoms with Crippen LogP contribution < -0.4 is 0 Å². The molecule has 0 aromatic carbocycles. The Morgan fingerprint density at radius 1 is 0.931 bits per heavy atom. The highest BCUT2D eigenvalue weighted by Crippen LogP contribution is 2.46. The maximum Gasteiger partial charge on any atom is 0.425 e. The lowest BCUT2D eigenvalue weighted by atomic mass is 9.96. The predicted molar refractivity (Wildman–Crippen MR) is 113 cm³/mol. The summed E-state index contributed by atoms with van der Waals surface area (Å²) >= 11 is 0. The van der Waals surface area contributed by atoms with Gasteiger partial charge in [0.15, 0.2) is 6.10 Å². The molecule has 4 unspecified atom stereocenters. The highest BCUT2D eigenvalue weighted by atomic mass is 19.4. The zero-order valence-corrected chi connectivity index (χ0v) is 18.9. The minimum Gasteiger partial charge on any atom is -0.453 e. The second-order valence-corrected chi connectivity index (χ2v) is 9.17. The van der Waals surface area contributed by atoms with Crippen molar-refractivity contribution in [1.82, 2.24) is 0 Å². The van der Waals surface area contributed by atoms with Crippen molar-refractivity contribution in [3.63, 3.8) is 0 Å². The van der Waals surface area contributed by atoms with Crippen LogP contribution in [-0.4, -0.2) is 18.2 Å². The van der Waals surface area contributed by atoms with Crippen LogP contribution in [0.2, 0.25) is 0 Å². The SMILES string of the molecule is CCCCCC(C)CCC1CC1CCCCCCCC(=O)OC(CC)C(F)(F)F. The lowest BCUT2D eigenvalue weighted by Gasteiger charge is -2.18. The standard InChI is InChI=1S/C24H43F3O2/c1-4-6-10-13-19(3)16-17-21-18-20(21)14-11-8-7-9-12-15-23(28)29-22(5-2)24(25,26)27/h19-22H,4-18H2,1-3H3. The van der Waals surface area contributed by atoms with Gasteiger partial charge in [-0.1, -0.05) is 85.0 Å². The second-order valence-electron chi connectivity index (χ2n) is 9.17. The molecule has 172 valence electrons. The molecule has 0 N–H and O–H groups in total. The zero-order chi connectivity index (χ0) is 21.7. The Bertz CT molecular complexity index is 436. The molecule has 1 aliphatic rings. The summed E-state index contributed by atoms with van der Waals surface area (Å²) in [7, 11) is 0. The first-order chi connectivity index (χ1) is 13.8. The van der Waals surface area contributed by atoms with Gasteiger partial charge in [-0.25, -0.2) is 0 Å². The number of ether oxygens (including phenoxy) is 1. The predicted octanol–water partition coefficient (Wildman–Crippen LogP) is 8.23. The molecule has 0 radical (unpaired) electrons. The summed E-state index contributed by atoms with van der Waals surface area (Å²) in [6.07, 6.45) is 9.35. The van der Waals surface area contributed by atoms with Crippen LogP contribution in [0.5, 0.6) is 0 Å². The van der Waals surface area contributed by atoms with Crippen molar-refractivity contribution in [3.8, 4) is 0 Å². The Hall–Kier alpha value is -0.740. The molecule has 5 heteroatoms. The smallest absolute Gasteiger partial charge is 0.425 e. The summed E-state index contributed by atoms with van der Waals surface area (Å²) in [5, 5.41) is 0. The lowest BCUT2D eigenvalue weighted by molar-refractivity contribution is -0.221. The summed E-state index contributed by atoms with van der Waals surface area (Å²) in [6, 6.07) is 0. The van der Waals surface area contributed by atoms with Crippen LogP contribution in [0.25, 0.3) is 0 Å². The molecule has 1 aliphatic carbocycles. The Labute approximate surface area is 176 Å². The molecule has 0 heterocycles. The van der Waals surface area contributed by atoms with E-state index in [0.717, 1.165) is 37.0 Å². The molecule has 0 bridgehead atoms. The molecule has 4 atom stereocenters. The first kappa shape index (κ1) is 26.3. The number of alkyl halides is 3.